The van der Waals surface area contributed by atoms with Gasteiger partial charge in [0.15, 0.2) is 0 Å². The minimum atomic E-state index is -0.929. The van der Waals surface area contributed by atoms with E-state index in [9.17, 15) is 14.4 Å². The summed E-state index contributed by atoms with van der Waals surface area (Å²) >= 11 is 0. The van der Waals surface area contributed by atoms with Gasteiger partial charge in [-0.1, -0.05) is 37.3 Å². The average Bonchev–Trinajstić information content (AvgIpc) is 2.74. The van der Waals surface area contributed by atoms with Crippen molar-refractivity contribution in [2.75, 3.05) is 16.0 Å². The van der Waals surface area contributed by atoms with Gasteiger partial charge < -0.3 is 16.0 Å². The van der Waals surface area contributed by atoms with E-state index in [2.05, 4.69) is 25.9 Å². The van der Waals surface area contributed by atoms with Crippen LogP contribution in [-0.2, 0) is 16.0 Å². The van der Waals surface area contributed by atoms with Gasteiger partial charge in [0.2, 0.25) is 17.8 Å². The number of aromatic amines is 1. The van der Waals surface area contributed by atoms with Gasteiger partial charge in [-0.05, 0) is 36.2 Å². The summed E-state index contributed by atoms with van der Waals surface area (Å²) in [7, 11) is 0. The van der Waals surface area contributed by atoms with Gasteiger partial charge in [-0.25, -0.2) is 0 Å². The molecule has 0 saturated heterocycles. The molecule has 1 aromatic heterocycles. The molecule has 0 radical (unpaired) electrons. The van der Waals surface area contributed by atoms with Gasteiger partial charge >= 0.3 is 0 Å². The predicted octanol–water partition coefficient (Wildman–Crippen LogP) is 3.14. The normalized spacial score (nSPS) is 15.1. The summed E-state index contributed by atoms with van der Waals surface area (Å²) in [5, 5.41) is 8.38. The number of hydrogen-bond acceptors (Lipinski definition) is 5. The first-order chi connectivity index (χ1) is 14.5. The maximum Gasteiger partial charge on any atom is 0.258 e. The summed E-state index contributed by atoms with van der Waals surface area (Å²) in [5.41, 5.74) is 2.16. The number of anilines is 4. The summed E-state index contributed by atoms with van der Waals surface area (Å²) in [6.45, 7) is 2.05. The average molecular weight is 403 g/mol. The molecular weight excluding hydrogens is 382 g/mol. The lowest BCUT2D eigenvalue weighted by Gasteiger charge is -2.23. The Bertz CT molecular complexity index is 1140. The fourth-order valence-corrected chi connectivity index (χ4v) is 3.37. The molecule has 2 aromatic carbocycles. The minimum absolute atomic E-state index is 0.0925. The molecule has 0 aliphatic carbocycles. The molecule has 4 rings (SSSR count). The van der Waals surface area contributed by atoms with Crippen LogP contribution < -0.4 is 21.5 Å². The van der Waals surface area contributed by atoms with Crippen molar-refractivity contribution in [3.63, 3.8) is 0 Å². The van der Waals surface area contributed by atoms with Crippen LogP contribution in [0.5, 0.6) is 0 Å². The van der Waals surface area contributed by atoms with Gasteiger partial charge in [0, 0.05) is 17.8 Å². The third kappa shape index (κ3) is 4.07. The Morgan fingerprint density at radius 1 is 1.07 bits per heavy atom. The number of carbonyl (C=O) groups is 2. The molecule has 0 fully saturated rings. The van der Waals surface area contributed by atoms with Crippen molar-refractivity contribution in [2.45, 2.75) is 25.7 Å². The number of aromatic nitrogens is 2. The fourth-order valence-electron chi connectivity index (χ4n) is 3.37. The Hall–Kier alpha value is -3.94. The summed E-state index contributed by atoms with van der Waals surface area (Å²) in [6.07, 6.45) is 0.771. The number of carbonyl (C=O) groups excluding carboxylic acids is 2. The molecule has 152 valence electrons. The quantitative estimate of drug-likeness (QED) is 0.522. The van der Waals surface area contributed by atoms with Crippen LogP contribution in [0.4, 0.5) is 23.1 Å². The summed E-state index contributed by atoms with van der Waals surface area (Å²) < 4.78 is 0. The van der Waals surface area contributed by atoms with Crippen molar-refractivity contribution in [1.82, 2.24) is 9.97 Å². The first-order valence-electron chi connectivity index (χ1n) is 9.69. The Balaban J connectivity index is 1.61. The maximum atomic E-state index is 12.9. The van der Waals surface area contributed by atoms with Crippen LogP contribution in [0.3, 0.4) is 0 Å². The van der Waals surface area contributed by atoms with Crippen LogP contribution in [0, 0.1) is 0 Å². The third-order valence-electron chi connectivity index (χ3n) is 4.93. The third-order valence-corrected chi connectivity index (χ3v) is 4.93. The predicted molar refractivity (Wildman–Crippen MR) is 115 cm³/mol. The topological polar surface area (TPSA) is 116 Å². The summed E-state index contributed by atoms with van der Waals surface area (Å²) in [6, 6.07) is 16.6. The summed E-state index contributed by atoms with van der Waals surface area (Å²) in [5.74, 6) is -1.45. The second-order valence-corrected chi connectivity index (χ2v) is 7.01. The first-order valence-corrected chi connectivity index (χ1v) is 9.69. The fraction of sp³-hybridized carbons (Fsp3) is 0.182. The zero-order valence-electron chi connectivity index (χ0n) is 16.4. The van der Waals surface area contributed by atoms with Crippen LogP contribution in [0.15, 0.2) is 59.4 Å². The molecular formula is C22H21N5O3. The van der Waals surface area contributed by atoms with Gasteiger partial charge in [0.25, 0.3) is 5.56 Å². The lowest BCUT2D eigenvalue weighted by Crippen LogP contribution is -2.36. The molecule has 4 N–H and O–H groups in total. The maximum absolute atomic E-state index is 12.9. The Morgan fingerprint density at radius 3 is 2.50 bits per heavy atom. The van der Waals surface area contributed by atoms with Crippen LogP contribution in [0.25, 0.3) is 0 Å². The van der Waals surface area contributed by atoms with E-state index in [0.29, 0.717) is 5.69 Å². The second kappa shape index (κ2) is 8.20. The standard InChI is InChI=1S/C22H21N5O3/c1-2-13-8-10-15(11-9-13)23-20(29)16-12-17(28)25-19-18(16)21(30)27-22(26-19)24-14-6-4-3-5-7-14/h3-11,16H,2,12H2,1H3,(H,23,29)(H3,24,25,26,27,28,30)/t16-/m0/s1. The molecule has 1 aliphatic heterocycles. The van der Waals surface area contributed by atoms with Crippen molar-refractivity contribution in [3.8, 4) is 0 Å². The second-order valence-electron chi connectivity index (χ2n) is 7.01. The molecule has 0 bridgehead atoms. The number of amides is 2. The molecule has 1 aliphatic rings. The van der Waals surface area contributed by atoms with E-state index in [1.165, 1.54) is 0 Å². The number of benzene rings is 2. The molecule has 8 heteroatoms. The molecule has 2 heterocycles. The van der Waals surface area contributed by atoms with Crippen LogP contribution in [-0.4, -0.2) is 21.8 Å². The van der Waals surface area contributed by atoms with E-state index in [0.717, 1.165) is 17.7 Å². The molecule has 2 amide bonds. The van der Waals surface area contributed by atoms with Crippen molar-refractivity contribution in [3.05, 3.63) is 76.1 Å². The van der Waals surface area contributed by atoms with Crippen molar-refractivity contribution in [1.29, 1.82) is 0 Å². The first kappa shape index (κ1) is 19.4. The van der Waals surface area contributed by atoms with Gasteiger partial charge in [-0.2, -0.15) is 4.98 Å². The number of rotatable bonds is 5. The highest BCUT2D eigenvalue weighted by atomic mass is 16.2. The largest absolute Gasteiger partial charge is 0.326 e. The van der Waals surface area contributed by atoms with Gasteiger partial charge in [0.05, 0.1) is 11.5 Å². The van der Waals surface area contributed by atoms with Crippen LogP contribution >= 0.6 is 0 Å². The molecule has 0 saturated carbocycles. The lowest BCUT2D eigenvalue weighted by molar-refractivity contribution is -0.123. The van der Waals surface area contributed by atoms with Gasteiger partial charge in [-0.15, -0.1) is 0 Å². The van der Waals surface area contributed by atoms with Crippen molar-refractivity contribution < 1.29 is 9.59 Å². The number of nitrogens with zero attached hydrogens (tertiary/aromatic N) is 1. The molecule has 30 heavy (non-hydrogen) atoms. The number of hydrogen-bond donors (Lipinski definition) is 4. The zero-order chi connectivity index (χ0) is 21.1. The Labute approximate surface area is 172 Å². The number of aryl methyl sites for hydroxylation is 1. The molecule has 1 atom stereocenters. The highest BCUT2D eigenvalue weighted by Gasteiger charge is 2.34. The van der Waals surface area contributed by atoms with E-state index in [1.807, 2.05) is 49.4 Å². The Morgan fingerprint density at radius 2 is 1.80 bits per heavy atom. The molecule has 3 aromatic rings. The van der Waals surface area contributed by atoms with Gasteiger partial charge in [0.1, 0.15) is 5.82 Å². The smallest absolute Gasteiger partial charge is 0.258 e. The molecule has 0 spiro atoms. The number of para-hydroxylation sites is 1. The lowest BCUT2D eigenvalue weighted by atomic mass is 9.92. The molecule has 8 nitrogen and oxygen atoms in total. The highest BCUT2D eigenvalue weighted by Crippen LogP contribution is 2.30. The monoisotopic (exact) mass is 403 g/mol. The van der Waals surface area contributed by atoms with E-state index in [4.69, 9.17) is 0 Å². The van der Waals surface area contributed by atoms with Crippen molar-refractivity contribution >= 4 is 35.0 Å². The van der Waals surface area contributed by atoms with E-state index in [-0.39, 0.29) is 29.7 Å². The molecule has 0 unspecified atom stereocenters. The zero-order valence-corrected chi connectivity index (χ0v) is 16.4. The van der Waals surface area contributed by atoms with Gasteiger partial charge in [-0.3, -0.25) is 19.4 Å². The van der Waals surface area contributed by atoms with Crippen LogP contribution in [0.2, 0.25) is 0 Å². The van der Waals surface area contributed by atoms with E-state index < -0.39 is 17.4 Å². The van der Waals surface area contributed by atoms with Crippen molar-refractivity contribution in [2.24, 2.45) is 0 Å². The number of H-pyrrole nitrogens is 1. The van der Waals surface area contributed by atoms with E-state index >= 15 is 0 Å². The van der Waals surface area contributed by atoms with E-state index in [1.54, 1.807) is 12.1 Å². The number of fused-ring (bicyclic) bond motifs is 1. The number of nitrogens with one attached hydrogen (secondary N) is 4. The SMILES string of the molecule is CCc1ccc(NC(=O)[C@H]2CC(=O)Nc3nc(Nc4ccccc4)[nH]c(=O)c32)cc1. The Kier molecular flexibility index (Phi) is 5.30. The summed E-state index contributed by atoms with van der Waals surface area (Å²) in [4.78, 5) is 44.8. The highest BCUT2D eigenvalue weighted by molar-refractivity contribution is 6.04. The van der Waals surface area contributed by atoms with Crippen LogP contribution in [0.1, 0.15) is 30.4 Å². The minimum Gasteiger partial charge on any atom is -0.326 e.